The number of β-amino-alcohol motifs (C(OH)–C–C–N with tert-alkyl or cyclic N) is 1. The summed E-state index contributed by atoms with van der Waals surface area (Å²) in [6, 6.07) is 0. The zero-order valence-electron chi connectivity index (χ0n) is 9.31. The average Bonchev–Trinajstić information content (AvgIpc) is 2.19. The van der Waals surface area contributed by atoms with Crippen LogP contribution in [0, 0.1) is 5.92 Å². The SMILES string of the molecule is OCCN1CCN(CC2CC(O)C2)CC1. The maximum absolute atomic E-state index is 9.21. The highest BCUT2D eigenvalue weighted by Gasteiger charge is 2.29. The Balaban J connectivity index is 1.61. The summed E-state index contributed by atoms with van der Waals surface area (Å²) in [5, 5.41) is 18.0. The lowest BCUT2D eigenvalue weighted by Crippen LogP contribution is -2.49. The van der Waals surface area contributed by atoms with Gasteiger partial charge < -0.3 is 15.1 Å². The van der Waals surface area contributed by atoms with Crippen molar-refractivity contribution in [2.24, 2.45) is 5.92 Å². The van der Waals surface area contributed by atoms with E-state index in [0.29, 0.717) is 0 Å². The van der Waals surface area contributed by atoms with Crippen LogP contribution >= 0.6 is 0 Å². The van der Waals surface area contributed by atoms with Gasteiger partial charge in [-0.2, -0.15) is 0 Å². The third-order valence-corrected chi connectivity index (χ3v) is 3.61. The van der Waals surface area contributed by atoms with Gasteiger partial charge in [0.05, 0.1) is 12.7 Å². The van der Waals surface area contributed by atoms with E-state index >= 15 is 0 Å². The van der Waals surface area contributed by atoms with Crippen molar-refractivity contribution in [2.75, 3.05) is 45.9 Å². The van der Waals surface area contributed by atoms with Crippen molar-refractivity contribution >= 4 is 0 Å². The molecule has 1 saturated heterocycles. The molecule has 0 aromatic heterocycles. The van der Waals surface area contributed by atoms with Crippen LogP contribution in [0.4, 0.5) is 0 Å². The first-order valence-electron chi connectivity index (χ1n) is 6.01. The molecule has 0 aromatic rings. The largest absolute Gasteiger partial charge is 0.395 e. The van der Waals surface area contributed by atoms with E-state index in [4.69, 9.17) is 5.11 Å². The Bertz CT molecular complexity index is 187. The van der Waals surface area contributed by atoms with Gasteiger partial charge in [-0.3, -0.25) is 4.90 Å². The predicted molar refractivity (Wildman–Crippen MR) is 58.7 cm³/mol. The normalized spacial score (nSPS) is 34.0. The minimum atomic E-state index is -0.0225. The standard InChI is InChI=1S/C11H22N2O2/c14-6-5-12-1-3-13(4-2-12)9-10-7-11(15)8-10/h10-11,14-15H,1-9H2. The highest BCUT2D eigenvalue weighted by Crippen LogP contribution is 2.28. The van der Waals surface area contributed by atoms with E-state index in [0.717, 1.165) is 58.0 Å². The fourth-order valence-corrected chi connectivity index (χ4v) is 2.55. The number of aliphatic hydroxyl groups excluding tert-OH is 2. The lowest BCUT2D eigenvalue weighted by Gasteiger charge is -2.39. The molecule has 88 valence electrons. The molecule has 1 saturated carbocycles. The van der Waals surface area contributed by atoms with Gasteiger partial charge in [0.25, 0.3) is 0 Å². The zero-order chi connectivity index (χ0) is 10.7. The first-order chi connectivity index (χ1) is 7.28. The second-order valence-electron chi connectivity index (χ2n) is 4.86. The van der Waals surface area contributed by atoms with E-state index in [-0.39, 0.29) is 12.7 Å². The fraction of sp³-hybridized carbons (Fsp3) is 1.00. The maximum atomic E-state index is 9.21. The van der Waals surface area contributed by atoms with Gasteiger partial charge in [-0.1, -0.05) is 0 Å². The molecule has 4 heteroatoms. The van der Waals surface area contributed by atoms with Crippen molar-refractivity contribution in [3.63, 3.8) is 0 Å². The summed E-state index contributed by atoms with van der Waals surface area (Å²) in [4.78, 5) is 4.80. The Kier molecular flexibility index (Phi) is 3.97. The number of hydrogen-bond donors (Lipinski definition) is 2. The van der Waals surface area contributed by atoms with E-state index in [2.05, 4.69) is 9.80 Å². The van der Waals surface area contributed by atoms with Crippen LogP contribution in [-0.4, -0.2) is 72.0 Å². The van der Waals surface area contributed by atoms with Crippen molar-refractivity contribution in [2.45, 2.75) is 18.9 Å². The fourth-order valence-electron chi connectivity index (χ4n) is 2.55. The highest BCUT2D eigenvalue weighted by molar-refractivity contribution is 4.83. The van der Waals surface area contributed by atoms with Crippen LogP contribution in [0.5, 0.6) is 0 Å². The van der Waals surface area contributed by atoms with Crippen molar-refractivity contribution in [1.82, 2.24) is 9.80 Å². The summed E-state index contributed by atoms with van der Waals surface area (Å²) in [7, 11) is 0. The number of hydrogen-bond acceptors (Lipinski definition) is 4. The lowest BCUT2D eigenvalue weighted by molar-refractivity contribution is 0.0137. The minimum Gasteiger partial charge on any atom is -0.395 e. The maximum Gasteiger partial charge on any atom is 0.0558 e. The van der Waals surface area contributed by atoms with E-state index in [9.17, 15) is 5.11 Å². The molecule has 4 nitrogen and oxygen atoms in total. The molecule has 0 atom stereocenters. The Labute approximate surface area is 91.5 Å². The van der Waals surface area contributed by atoms with Crippen LogP contribution in [0.25, 0.3) is 0 Å². The van der Waals surface area contributed by atoms with Gasteiger partial charge in [-0.25, -0.2) is 0 Å². The summed E-state index contributed by atoms with van der Waals surface area (Å²) in [6.45, 7) is 6.64. The molecule has 1 aliphatic heterocycles. The number of rotatable bonds is 4. The Morgan fingerprint density at radius 3 is 2.13 bits per heavy atom. The Hall–Kier alpha value is -0.160. The molecule has 2 N–H and O–H groups in total. The highest BCUT2D eigenvalue weighted by atomic mass is 16.3. The molecule has 0 radical (unpaired) electrons. The van der Waals surface area contributed by atoms with Gasteiger partial charge in [-0.05, 0) is 18.8 Å². The Morgan fingerprint density at radius 2 is 1.60 bits per heavy atom. The molecule has 0 unspecified atom stereocenters. The quantitative estimate of drug-likeness (QED) is 0.654. The van der Waals surface area contributed by atoms with Crippen LogP contribution in [0.15, 0.2) is 0 Å². The topological polar surface area (TPSA) is 46.9 Å². The van der Waals surface area contributed by atoms with Crippen molar-refractivity contribution in [3.05, 3.63) is 0 Å². The van der Waals surface area contributed by atoms with Crippen molar-refractivity contribution < 1.29 is 10.2 Å². The lowest BCUT2D eigenvalue weighted by atomic mass is 9.82. The average molecular weight is 214 g/mol. The molecule has 2 rings (SSSR count). The summed E-state index contributed by atoms with van der Waals surface area (Å²) < 4.78 is 0. The van der Waals surface area contributed by atoms with Crippen LogP contribution in [0.2, 0.25) is 0 Å². The van der Waals surface area contributed by atoms with E-state index in [1.54, 1.807) is 0 Å². The van der Waals surface area contributed by atoms with Crippen LogP contribution in [0.1, 0.15) is 12.8 Å². The second kappa shape index (κ2) is 5.25. The first-order valence-corrected chi connectivity index (χ1v) is 6.01. The van der Waals surface area contributed by atoms with Gasteiger partial charge >= 0.3 is 0 Å². The molecule has 0 aromatic carbocycles. The molecule has 15 heavy (non-hydrogen) atoms. The van der Waals surface area contributed by atoms with E-state index in [1.165, 1.54) is 0 Å². The molecule has 2 aliphatic rings. The van der Waals surface area contributed by atoms with Crippen LogP contribution < -0.4 is 0 Å². The minimum absolute atomic E-state index is 0.0225. The molecule has 1 aliphatic carbocycles. The van der Waals surface area contributed by atoms with Gasteiger partial charge in [0.15, 0.2) is 0 Å². The van der Waals surface area contributed by atoms with Crippen molar-refractivity contribution in [1.29, 1.82) is 0 Å². The Morgan fingerprint density at radius 1 is 1.00 bits per heavy atom. The predicted octanol–water partition coefficient (Wildman–Crippen LogP) is -0.633. The third-order valence-electron chi connectivity index (χ3n) is 3.61. The molecule has 0 spiro atoms. The number of nitrogens with zero attached hydrogens (tertiary/aromatic N) is 2. The van der Waals surface area contributed by atoms with Gasteiger partial charge in [0, 0.05) is 39.3 Å². The first kappa shape index (κ1) is 11.3. The monoisotopic (exact) mass is 214 g/mol. The molecule has 1 heterocycles. The van der Waals surface area contributed by atoms with Gasteiger partial charge in [0.2, 0.25) is 0 Å². The summed E-state index contributed by atoms with van der Waals surface area (Å²) >= 11 is 0. The number of piperazine rings is 1. The molecular formula is C11H22N2O2. The molecule has 0 amide bonds. The van der Waals surface area contributed by atoms with Crippen molar-refractivity contribution in [3.8, 4) is 0 Å². The second-order valence-corrected chi connectivity index (χ2v) is 4.86. The zero-order valence-corrected chi connectivity index (χ0v) is 9.31. The van der Waals surface area contributed by atoms with Gasteiger partial charge in [-0.15, -0.1) is 0 Å². The molecule has 0 bridgehead atoms. The van der Waals surface area contributed by atoms with Crippen LogP contribution in [0.3, 0.4) is 0 Å². The molecule has 2 fully saturated rings. The van der Waals surface area contributed by atoms with Crippen LogP contribution in [-0.2, 0) is 0 Å². The summed E-state index contributed by atoms with van der Waals surface area (Å²) in [6.07, 6.45) is 1.97. The van der Waals surface area contributed by atoms with Gasteiger partial charge in [0.1, 0.15) is 0 Å². The van der Waals surface area contributed by atoms with E-state index < -0.39 is 0 Å². The number of aliphatic hydroxyl groups is 2. The summed E-state index contributed by atoms with van der Waals surface area (Å²) in [5.74, 6) is 0.726. The molecular weight excluding hydrogens is 192 g/mol. The smallest absolute Gasteiger partial charge is 0.0558 e. The van der Waals surface area contributed by atoms with E-state index in [1.807, 2.05) is 0 Å². The third kappa shape index (κ3) is 3.14. The summed E-state index contributed by atoms with van der Waals surface area (Å²) in [5.41, 5.74) is 0.